The minimum absolute atomic E-state index is 0.177. The Bertz CT molecular complexity index is 411. The molecular weight excluding hydrogens is 238 g/mol. The molecule has 1 atom stereocenters. The summed E-state index contributed by atoms with van der Waals surface area (Å²) >= 11 is 0. The average molecular weight is 263 g/mol. The van der Waals surface area contributed by atoms with Crippen LogP contribution in [-0.2, 0) is 17.6 Å². The highest BCUT2D eigenvalue weighted by molar-refractivity contribution is 5.75. The van der Waals surface area contributed by atoms with Crippen molar-refractivity contribution in [3.8, 4) is 0 Å². The molecule has 1 aromatic carbocycles. The lowest BCUT2D eigenvalue weighted by atomic mass is 9.75. The van der Waals surface area contributed by atoms with E-state index in [0.29, 0.717) is 18.8 Å². The standard InChI is InChI=1S/C16H25NO2/c1-4-13-5-7-14(8-6-13)10-16(11-17,15(18)19)9-12(2)3/h5-8,12H,4,9-11,17H2,1-3H3,(H,18,19). The molecule has 0 saturated heterocycles. The van der Waals surface area contributed by atoms with Crippen molar-refractivity contribution in [2.45, 2.75) is 40.0 Å². The fourth-order valence-corrected chi connectivity index (χ4v) is 2.54. The maximum Gasteiger partial charge on any atom is 0.311 e. The van der Waals surface area contributed by atoms with Crippen LogP contribution in [0.15, 0.2) is 24.3 Å². The first-order chi connectivity index (χ1) is 8.93. The molecule has 0 bridgehead atoms. The fraction of sp³-hybridized carbons (Fsp3) is 0.562. The first kappa shape index (κ1) is 15.7. The van der Waals surface area contributed by atoms with E-state index in [1.807, 2.05) is 26.0 Å². The summed E-state index contributed by atoms with van der Waals surface area (Å²) in [4.78, 5) is 11.6. The predicted octanol–water partition coefficient (Wildman–Crippen LogP) is 2.87. The fourth-order valence-electron chi connectivity index (χ4n) is 2.54. The predicted molar refractivity (Wildman–Crippen MR) is 78.1 cm³/mol. The van der Waals surface area contributed by atoms with E-state index in [2.05, 4.69) is 19.1 Å². The molecule has 0 amide bonds. The number of hydrogen-bond donors (Lipinski definition) is 2. The maximum absolute atomic E-state index is 11.6. The number of carboxylic acid groups (broad SMARTS) is 1. The molecule has 0 heterocycles. The Hall–Kier alpha value is -1.35. The summed E-state index contributed by atoms with van der Waals surface area (Å²) in [7, 11) is 0. The number of rotatable bonds is 7. The number of nitrogens with two attached hydrogens (primary N) is 1. The summed E-state index contributed by atoms with van der Waals surface area (Å²) in [6.45, 7) is 6.35. The van der Waals surface area contributed by atoms with Gasteiger partial charge < -0.3 is 10.8 Å². The quantitative estimate of drug-likeness (QED) is 0.795. The molecule has 3 N–H and O–H groups in total. The van der Waals surface area contributed by atoms with Crippen molar-refractivity contribution in [2.75, 3.05) is 6.54 Å². The number of aryl methyl sites for hydroxylation is 1. The topological polar surface area (TPSA) is 63.3 Å². The van der Waals surface area contributed by atoms with E-state index >= 15 is 0 Å². The number of carbonyl (C=O) groups is 1. The van der Waals surface area contributed by atoms with Gasteiger partial charge in [-0.25, -0.2) is 0 Å². The van der Waals surface area contributed by atoms with Crippen LogP contribution in [0.3, 0.4) is 0 Å². The zero-order valence-corrected chi connectivity index (χ0v) is 12.1. The summed E-state index contributed by atoms with van der Waals surface area (Å²) in [5.74, 6) is -0.474. The van der Waals surface area contributed by atoms with Crippen molar-refractivity contribution < 1.29 is 9.90 Å². The van der Waals surface area contributed by atoms with Gasteiger partial charge in [-0.1, -0.05) is 45.0 Å². The molecule has 106 valence electrons. The lowest BCUT2D eigenvalue weighted by Gasteiger charge is -2.30. The van der Waals surface area contributed by atoms with Crippen LogP contribution in [0.2, 0.25) is 0 Å². The van der Waals surface area contributed by atoms with Gasteiger partial charge in [-0.05, 0) is 36.3 Å². The zero-order valence-electron chi connectivity index (χ0n) is 12.1. The minimum Gasteiger partial charge on any atom is -0.481 e. The van der Waals surface area contributed by atoms with Crippen molar-refractivity contribution in [2.24, 2.45) is 17.1 Å². The summed E-state index contributed by atoms with van der Waals surface area (Å²) < 4.78 is 0. The van der Waals surface area contributed by atoms with Crippen LogP contribution in [0.5, 0.6) is 0 Å². The van der Waals surface area contributed by atoms with Crippen LogP contribution < -0.4 is 5.73 Å². The molecule has 0 spiro atoms. The van der Waals surface area contributed by atoms with Crippen LogP contribution in [0, 0.1) is 11.3 Å². The van der Waals surface area contributed by atoms with Gasteiger partial charge in [0.25, 0.3) is 0 Å². The molecule has 0 aliphatic rings. The van der Waals surface area contributed by atoms with Crippen molar-refractivity contribution in [3.63, 3.8) is 0 Å². The van der Waals surface area contributed by atoms with E-state index in [9.17, 15) is 9.90 Å². The molecule has 3 nitrogen and oxygen atoms in total. The van der Waals surface area contributed by atoms with Crippen LogP contribution in [0.4, 0.5) is 0 Å². The Balaban J connectivity index is 2.95. The highest BCUT2D eigenvalue weighted by Crippen LogP contribution is 2.30. The lowest BCUT2D eigenvalue weighted by Crippen LogP contribution is -2.41. The summed E-state index contributed by atoms with van der Waals surface area (Å²) in [6.07, 6.45) is 2.10. The van der Waals surface area contributed by atoms with E-state index < -0.39 is 11.4 Å². The SMILES string of the molecule is CCc1ccc(CC(CN)(CC(C)C)C(=O)O)cc1. The van der Waals surface area contributed by atoms with Gasteiger partial charge >= 0.3 is 5.97 Å². The summed E-state index contributed by atoms with van der Waals surface area (Å²) in [5.41, 5.74) is 7.25. The Morgan fingerprint density at radius 3 is 2.16 bits per heavy atom. The second-order valence-corrected chi connectivity index (χ2v) is 5.73. The van der Waals surface area contributed by atoms with E-state index in [1.54, 1.807) is 0 Å². The molecule has 19 heavy (non-hydrogen) atoms. The smallest absolute Gasteiger partial charge is 0.311 e. The highest BCUT2D eigenvalue weighted by Gasteiger charge is 2.37. The van der Waals surface area contributed by atoms with Crippen LogP contribution in [0.25, 0.3) is 0 Å². The van der Waals surface area contributed by atoms with Crippen molar-refractivity contribution in [3.05, 3.63) is 35.4 Å². The average Bonchev–Trinajstić information content (AvgIpc) is 2.38. The van der Waals surface area contributed by atoms with Gasteiger partial charge in [0.15, 0.2) is 0 Å². The number of carboxylic acids is 1. The van der Waals surface area contributed by atoms with Crippen molar-refractivity contribution >= 4 is 5.97 Å². The van der Waals surface area contributed by atoms with E-state index in [-0.39, 0.29) is 6.54 Å². The van der Waals surface area contributed by atoms with Crippen LogP contribution in [-0.4, -0.2) is 17.6 Å². The van der Waals surface area contributed by atoms with Gasteiger partial charge in [0.05, 0.1) is 5.41 Å². The molecule has 0 aliphatic carbocycles. The minimum atomic E-state index is -0.845. The largest absolute Gasteiger partial charge is 0.481 e. The molecule has 0 saturated carbocycles. The summed E-state index contributed by atoms with van der Waals surface area (Å²) in [5, 5.41) is 9.55. The Morgan fingerprint density at radius 2 is 1.79 bits per heavy atom. The van der Waals surface area contributed by atoms with E-state index in [1.165, 1.54) is 5.56 Å². The number of benzene rings is 1. The molecule has 0 aromatic heterocycles. The van der Waals surface area contributed by atoms with Gasteiger partial charge in [0.2, 0.25) is 0 Å². The second kappa shape index (κ2) is 6.71. The van der Waals surface area contributed by atoms with Crippen LogP contribution >= 0.6 is 0 Å². The number of hydrogen-bond acceptors (Lipinski definition) is 2. The molecule has 3 heteroatoms. The zero-order chi connectivity index (χ0) is 14.5. The summed E-state index contributed by atoms with van der Waals surface area (Å²) in [6, 6.07) is 8.17. The Morgan fingerprint density at radius 1 is 1.26 bits per heavy atom. The molecule has 0 fully saturated rings. The molecule has 0 radical (unpaired) electrons. The van der Waals surface area contributed by atoms with Crippen LogP contribution in [0.1, 0.15) is 38.3 Å². The molecule has 1 unspecified atom stereocenters. The van der Waals surface area contributed by atoms with Gasteiger partial charge in [0, 0.05) is 6.54 Å². The third-order valence-corrected chi connectivity index (χ3v) is 3.62. The van der Waals surface area contributed by atoms with Gasteiger partial charge in [-0.15, -0.1) is 0 Å². The lowest BCUT2D eigenvalue weighted by molar-refractivity contribution is -0.149. The normalized spacial score (nSPS) is 14.4. The maximum atomic E-state index is 11.6. The van der Waals surface area contributed by atoms with E-state index in [4.69, 9.17) is 5.73 Å². The first-order valence-corrected chi connectivity index (χ1v) is 6.95. The highest BCUT2D eigenvalue weighted by atomic mass is 16.4. The Kier molecular flexibility index (Phi) is 5.55. The van der Waals surface area contributed by atoms with Gasteiger partial charge in [0.1, 0.15) is 0 Å². The number of aliphatic carboxylic acids is 1. The second-order valence-electron chi connectivity index (χ2n) is 5.73. The van der Waals surface area contributed by atoms with E-state index in [0.717, 1.165) is 12.0 Å². The van der Waals surface area contributed by atoms with Gasteiger partial charge in [-0.2, -0.15) is 0 Å². The monoisotopic (exact) mass is 263 g/mol. The molecular formula is C16H25NO2. The Labute approximate surface area is 115 Å². The van der Waals surface area contributed by atoms with Crippen molar-refractivity contribution in [1.29, 1.82) is 0 Å². The van der Waals surface area contributed by atoms with Crippen molar-refractivity contribution in [1.82, 2.24) is 0 Å². The third kappa shape index (κ3) is 4.06. The third-order valence-electron chi connectivity index (χ3n) is 3.62. The molecule has 1 aromatic rings. The molecule has 0 aliphatic heterocycles. The molecule has 1 rings (SSSR count). The van der Waals surface area contributed by atoms with Gasteiger partial charge in [-0.3, -0.25) is 4.79 Å². The first-order valence-electron chi connectivity index (χ1n) is 6.95.